The maximum atomic E-state index is 12.2. The Hall–Kier alpha value is -2.92. The molecule has 27 heavy (non-hydrogen) atoms. The van der Waals surface area contributed by atoms with Gasteiger partial charge in [-0.2, -0.15) is 0 Å². The number of oxazole rings is 1. The largest absolute Gasteiger partial charge is 0.445 e. The average Bonchev–Trinajstić information content (AvgIpc) is 3.17. The van der Waals surface area contributed by atoms with E-state index in [0.717, 1.165) is 27.9 Å². The molecular weight excluding hydrogens is 338 g/mol. The van der Waals surface area contributed by atoms with E-state index in [1.165, 1.54) is 0 Å². The second kappa shape index (κ2) is 8.18. The van der Waals surface area contributed by atoms with E-state index in [1.54, 1.807) is 12.5 Å². The lowest BCUT2D eigenvalue weighted by Crippen LogP contribution is -2.36. The Kier molecular flexibility index (Phi) is 5.72. The van der Waals surface area contributed by atoms with Crippen molar-refractivity contribution in [1.29, 1.82) is 0 Å². The van der Waals surface area contributed by atoms with Crippen molar-refractivity contribution >= 4 is 11.6 Å². The van der Waals surface area contributed by atoms with Gasteiger partial charge in [0.25, 0.3) is 0 Å². The van der Waals surface area contributed by atoms with Crippen LogP contribution in [0.2, 0.25) is 0 Å². The Labute approximate surface area is 159 Å². The zero-order valence-corrected chi connectivity index (χ0v) is 15.9. The van der Waals surface area contributed by atoms with Crippen molar-refractivity contribution in [3.63, 3.8) is 0 Å². The molecule has 2 aromatic carbocycles. The summed E-state index contributed by atoms with van der Waals surface area (Å²) in [4.78, 5) is 16.4. The monoisotopic (exact) mass is 363 g/mol. The first-order chi connectivity index (χ1) is 12.9. The molecule has 3 N–H and O–H groups in total. The molecule has 0 aliphatic rings. The van der Waals surface area contributed by atoms with Crippen LogP contribution in [0.5, 0.6) is 0 Å². The predicted molar refractivity (Wildman–Crippen MR) is 108 cm³/mol. The third-order valence-corrected chi connectivity index (χ3v) is 4.44. The van der Waals surface area contributed by atoms with Crippen molar-refractivity contribution in [2.75, 3.05) is 5.32 Å². The number of rotatable bonds is 6. The Morgan fingerprint density at radius 3 is 2.48 bits per heavy atom. The summed E-state index contributed by atoms with van der Waals surface area (Å²) in [5.74, 6) is 0.824. The second-order valence-corrected chi connectivity index (χ2v) is 7.17. The number of nitrogens with one attached hydrogen (secondary N) is 1. The summed E-state index contributed by atoms with van der Waals surface area (Å²) in [7, 11) is 0. The van der Waals surface area contributed by atoms with Crippen LogP contribution in [0.25, 0.3) is 22.6 Å². The van der Waals surface area contributed by atoms with Gasteiger partial charge in [0.2, 0.25) is 11.8 Å². The number of nitrogens with zero attached hydrogens (tertiary/aromatic N) is 1. The smallest absolute Gasteiger partial charge is 0.241 e. The number of carbonyl (C=O) groups is 1. The molecule has 0 fully saturated rings. The molecule has 1 unspecified atom stereocenters. The maximum Gasteiger partial charge on any atom is 0.241 e. The first-order valence-electron chi connectivity index (χ1n) is 9.11. The Morgan fingerprint density at radius 1 is 1.15 bits per heavy atom. The first-order valence-corrected chi connectivity index (χ1v) is 9.11. The summed E-state index contributed by atoms with van der Waals surface area (Å²) in [6, 6.07) is 13.4. The number of benzene rings is 2. The van der Waals surface area contributed by atoms with Crippen LogP contribution in [0.3, 0.4) is 0 Å². The molecule has 1 amide bonds. The van der Waals surface area contributed by atoms with E-state index in [-0.39, 0.29) is 5.91 Å². The van der Waals surface area contributed by atoms with Crippen LogP contribution in [-0.2, 0) is 4.79 Å². The number of amides is 1. The maximum absolute atomic E-state index is 12.2. The minimum absolute atomic E-state index is 0.154. The topological polar surface area (TPSA) is 81.2 Å². The highest BCUT2D eigenvalue weighted by atomic mass is 16.3. The van der Waals surface area contributed by atoms with Crippen LogP contribution in [0.15, 0.2) is 59.3 Å². The summed E-state index contributed by atoms with van der Waals surface area (Å²) in [5.41, 5.74) is 10.9. The minimum Gasteiger partial charge on any atom is -0.445 e. The highest BCUT2D eigenvalue weighted by molar-refractivity contribution is 5.94. The summed E-state index contributed by atoms with van der Waals surface area (Å²) in [5, 5.41) is 2.89. The molecular formula is C22H25N3O2. The number of carbonyl (C=O) groups excluding carboxylic acids is 1. The standard InChI is InChI=1S/C22H25N3O2/c1-14(2)12-20(23)21(26)25-18-8-6-16(7-9-18)19-13-17(5-4-15(19)3)22-24-10-11-27-22/h4-11,13-14,20H,12,23H2,1-3H3,(H,25,26). The SMILES string of the molecule is Cc1ccc(-c2ncco2)cc1-c1ccc(NC(=O)C(N)CC(C)C)cc1. The number of nitrogens with two attached hydrogens (primary N) is 1. The number of hydrogen-bond donors (Lipinski definition) is 2. The summed E-state index contributed by atoms with van der Waals surface area (Å²) in [6.07, 6.45) is 3.86. The van der Waals surface area contributed by atoms with Crippen molar-refractivity contribution < 1.29 is 9.21 Å². The van der Waals surface area contributed by atoms with Gasteiger partial charge in [0.1, 0.15) is 6.26 Å². The number of hydrogen-bond acceptors (Lipinski definition) is 4. The number of anilines is 1. The van der Waals surface area contributed by atoms with E-state index in [2.05, 4.69) is 43.2 Å². The lowest BCUT2D eigenvalue weighted by atomic mass is 9.98. The second-order valence-electron chi connectivity index (χ2n) is 7.17. The van der Waals surface area contributed by atoms with Gasteiger partial charge in [0.15, 0.2) is 0 Å². The van der Waals surface area contributed by atoms with Crippen molar-refractivity contribution in [2.45, 2.75) is 33.2 Å². The minimum atomic E-state index is -0.496. The third kappa shape index (κ3) is 4.63. The summed E-state index contributed by atoms with van der Waals surface area (Å²) in [6.45, 7) is 6.17. The van der Waals surface area contributed by atoms with Gasteiger partial charge < -0.3 is 15.5 Å². The van der Waals surface area contributed by atoms with E-state index >= 15 is 0 Å². The molecule has 1 atom stereocenters. The molecule has 1 heterocycles. The Morgan fingerprint density at radius 2 is 1.85 bits per heavy atom. The van der Waals surface area contributed by atoms with Gasteiger partial charge in [-0.3, -0.25) is 4.79 Å². The number of aryl methyl sites for hydroxylation is 1. The molecule has 3 aromatic rings. The molecule has 0 bridgehead atoms. The van der Waals surface area contributed by atoms with E-state index in [0.29, 0.717) is 18.2 Å². The third-order valence-electron chi connectivity index (χ3n) is 4.44. The molecule has 3 rings (SSSR count). The lowest BCUT2D eigenvalue weighted by Gasteiger charge is -2.14. The van der Waals surface area contributed by atoms with Gasteiger partial charge in [-0.05, 0) is 60.2 Å². The van der Waals surface area contributed by atoms with Crippen LogP contribution < -0.4 is 11.1 Å². The molecule has 0 radical (unpaired) electrons. The average molecular weight is 363 g/mol. The van der Waals surface area contributed by atoms with Crippen LogP contribution in [0, 0.1) is 12.8 Å². The fraction of sp³-hybridized carbons (Fsp3) is 0.273. The fourth-order valence-electron chi connectivity index (χ4n) is 3.02. The molecule has 5 heteroatoms. The number of aromatic nitrogens is 1. The van der Waals surface area contributed by atoms with E-state index in [4.69, 9.17) is 10.2 Å². The van der Waals surface area contributed by atoms with E-state index in [1.807, 2.05) is 30.3 Å². The molecule has 5 nitrogen and oxygen atoms in total. The fourth-order valence-corrected chi connectivity index (χ4v) is 3.02. The normalized spacial score (nSPS) is 12.2. The van der Waals surface area contributed by atoms with Crippen LogP contribution in [0.1, 0.15) is 25.8 Å². The van der Waals surface area contributed by atoms with Crippen LogP contribution in [-0.4, -0.2) is 16.9 Å². The predicted octanol–water partition coefficient (Wildman–Crippen LogP) is 4.63. The lowest BCUT2D eigenvalue weighted by molar-refractivity contribution is -0.117. The van der Waals surface area contributed by atoms with E-state index in [9.17, 15) is 4.79 Å². The molecule has 0 spiro atoms. The van der Waals surface area contributed by atoms with Crippen molar-refractivity contribution in [1.82, 2.24) is 4.98 Å². The summed E-state index contributed by atoms with van der Waals surface area (Å²) >= 11 is 0. The molecule has 0 aliphatic heterocycles. The molecule has 0 saturated heterocycles. The van der Waals surface area contributed by atoms with Crippen molar-refractivity contribution in [2.24, 2.45) is 11.7 Å². The molecule has 140 valence electrons. The van der Waals surface area contributed by atoms with Crippen LogP contribution >= 0.6 is 0 Å². The molecule has 0 saturated carbocycles. The Bertz CT molecular complexity index is 900. The van der Waals surface area contributed by atoms with Gasteiger partial charge in [-0.1, -0.05) is 32.0 Å². The Balaban J connectivity index is 1.78. The van der Waals surface area contributed by atoms with Gasteiger partial charge in [-0.25, -0.2) is 4.98 Å². The van der Waals surface area contributed by atoms with E-state index < -0.39 is 6.04 Å². The van der Waals surface area contributed by atoms with Gasteiger partial charge in [0.05, 0.1) is 12.2 Å². The quantitative estimate of drug-likeness (QED) is 0.669. The highest BCUT2D eigenvalue weighted by Crippen LogP contribution is 2.29. The summed E-state index contributed by atoms with van der Waals surface area (Å²) < 4.78 is 5.39. The zero-order valence-electron chi connectivity index (χ0n) is 15.9. The zero-order chi connectivity index (χ0) is 19.4. The van der Waals surface area contributed by atoms with Crippen molar-refractivity contribution in [3.8, 4) is 22.6 Å². The van der Waals surface area contributed by atoms with Gasteiger partial charge in [-0.15, -0.1) is 0 Å². The molecule has 0 aliphatic carbocycles. The van der Waals surface area contributed by atoms with Gasteiger partial charge in [0, 0.05) is 11.3 Å². The highest BCUT2D eigenvalue weighted by Gasteiger charge is 2.15. The molecule has 1 aromatic heterocycles. The van der Waals surface area contributed by atoms with Crippen molar-refractivity contribution in [3.05, 3.63) is 60.5 Å². The van der Waals surface area contributed by atoms with Crippen LogP contribution in [0.4, 0.5) is 5.69 Å². The van der Waals surface area contributed by atoms with Gasteiger partial charge >= 0.3 is 0 Å². The first kappa shape index (κ1) is 18.9.